The number of hydrogen-bond donors (Lipinski definition) is 1. The molecule has 1 atom stereocenters. The van der Waals surface area contributed by atoms with E-state index in [0.29, 0.717) is 0 Å². The van der Waals surface area contributed by atoms with Gasteiger partial charge in [0.05, 0.1) is 6.04 Å². The van der Waals surface area contributed by atoms with Gasteiger partial charge >= 0.3 is 0 Å². The van der Waals surface area contributed by atoms with Gasteiger partial charge in [-0.15, -0.1) is 0 Å². The summed E-state index contributed by atoms with van der Waals surface area (Å²) in [4.78, 5) is 0. The minimum atomic E-state index is -0.246. The van der Waals surface area contributed by atoms with Crippen LogP contribution in [0, 0.1) is 6.92 Å². The summed E-state index contributed by atoms with van der Waals surface area (Å²) in [6.45, 7) is 2.04. The standard InChI is InChI=1S/C16H14BrNO/c1-10-4-2-6-12-9-14(19-16(10)12)15(18)11-5-3-7-13(17)8-11/h2-9,15H,18H2,1H3. The van der Waals surface area contributed by atoms with Crippen LogP contribution in [0.2, 0.25) is 0 Å². The van der Waals surface area contributed by atoms with Crippen LogP contribution in [0.4, 0.5) is 0 Å². The van der Waals surface area contributed by atoms with E-state index in [1.807, 2.05) is 55.5 Å². The summed E-state index contributed by atoms with van der Waals surface area (Å²) < 4.78 is 6.94. The molecule has 3 aromatic rings. The molecule has 1 aromatic heterocycles. The number of halogens is 1. The number of furan rings is 1. The Kier molecular flexibility index (Phi) is 3.17. The lowest BCUT2D eigenvalue weighted by Crippen LogP contribution is -2.10. The van der Waals surface area contributed by atoms with Gasteiger partial charge < -0.3 is 10.2 Å². The molecule has 96 valence electrons. The normalized spacial score (nSPS) is 12.8. The van der Waals surface area contributed by atoms with Crippen molar-refractivity contribution in [3.8, 4) is 0 Å². The Hall–Kier alpha value is -1.58. The number of hydrogen-bond acceptors (Lipinski definition) is 2. The summed E-state index contributed by atoms with van der Waals surface area (Å²) >= 11 is 3.46. The quantitative estimate of drug-likeness (QED) is 0.753. The molecule has 2 nitrogen and oxygen atoms in total. The fraction of sp³-hybridized carbons (Fsp3) is 0.125. The van der Waals surface area contributed by atoms with E-state index in [4.69, 9.17) is 10.2 Å². The van der Waals surface area contributed by atoms with Crippen molar-refractivity contribution in [2.24, 2.45) is 5.73 Å². The van der Waals surface area contributed by atoms with Gasteiger partial charge in [-0.1, -0.05) is 46.3 Å². The van der Waals surface area contributed by atoms with Crippen LogP contribution in [0.5, 0.6) is 0 Å². The third kappa shape index (κ3) is 2.31. The molecule has 1 unspecified atom stereocenters. The first kappa shape index (κ1) is 12.5. The predicted molar refractivity (Wildman–Crippen MR) is 81.1 cm³/mol. The van der Waals surface area contributed by atoms with Crippen molar-refractivity contribution in [2.45, 2.75) is 13.0 Å². The summed E-state index contributed by atoms with van der Waals surface area (Å²) in [5, 5.41) is 1.10. The van der Waals surface area contributed by atoms with Crippen LogP contribution in [0.1, 0.15) is 22.9 Å². The summed E-state index contributed by atoms with van der Waals surface area (Å²) in [5.41, 5.74) is 9.37. The maximum absolute atomic E-state index is 6.28. The van der Waals surface area contributed by atoms with Gasteiger partial charge in [0.15, 0.2) is 0 Å². The lowest BCUT2D eigenvalue weighted by molar-refractivity contribution is 0.523. The van der Waals surface area contributed by atoms with E-state index in [-0.39, 0.29) is 6.04 Å². The topological polar surface area (TPSA) is 39.2 Å². The summed E-state index contributed by atoms with van der Waals surface area (Å²) in [6, 6.07) is 15.9. The van der Waals surface area contributed by atoms with Crippen molar-refractivity contribution >= 4 is 26.9 Å². The Labute approximate surface area is 120 Å². The van der Waals surface area contributed by atoms with Crippen LogP contribution in [-0.4, -0.2) is 0 Å². The zero-order valence-corrected chi connectivity index (χ0v) is 12.1. The van der Waals surface area contributed by atoms with Crippen LogP contribution >= 0.6 is 15.9 Å². The Morgan fingerprint density at radius 3 is 2.63 bits per heavy atom. The zero-order chi connectivity index (χ0) is 13.4. The average molecular weight is 316 g/mol. The molecule has 0 spiro atoms. The molecule has 3 rings (SSSR count). The first-order valence-electron chi connectivity index (χ1n) is 6.15. The number of benzene rings is 2. The third-order valence-electron chi connectivity index (χ3n) is 3.27. The van der Waals surface area contributed by atoms with Gasteiger partial charge in [-0.25, -0.2) is 0 Å². The van der Waals surface area contributed by atoms with Crippen LogP contribution < -0.4 is 5.73 Å². The van der Waals surface area contributed by atoms with Gasteiger partial charge in [0.2, 0.25) is 0 Å². The van der Waals surface area contributed by atoms with Gasteiger partial charge in [-0.3, -0.25) is 0 Å². The van der Waals surface area contributed by atoms with Gasteiger partial charge in [-0.2, -0.15) is 0 Å². The molecule has 0 radical (unpaired) electrons. The number of para-hydroxylation sites is 1. The highest BCUT2D eigenvalue weighted by molar-refractivity contribution is 9.10. The largest absolute Gasteiger partial charge is 0.459 e. The van der Waals surface area contributed by atoms with Crippen molar-refractivity contribution in [2.75, 3.05) is 0 Å². The van der Waals surface area contributed by atoms with Crippen LogP contribution in [0.15, 0.2) is 57.4 Å². The molecule has 0 saturated heterocycles. The Balaban J connectivity index is 2.06. The lowest BCUT2D eigenvalue weighted by Gasteiger charge is -2.09. The third-order valence-corrected chi connectivity index (χ3v) is 3.77. The Morgan fingerprint density at radius 1 is 1.11 bits per heavy atom. The van der Waals surface area contributed by atoms with Crippen molar-refractivity contribution in [1.82, 2.24) is 0 Å². The summed E-state index contributed by atoms with van der Waals surface area (Å²) in [5.74, 6) is 0.794. The molecule has 2 aromatic carbocycles. The molecular weight excluding hydrogens is 302 g/mol. The molecule has 3 heteroatoms. The van der Waals surface area contributed by atoms with Gasteiger partial charge in [0.25, 0.3) is 0 Å². The van der Waals surface area contributed by atoms with Crippen molar-refractivity contribution in [3.05, 3.63) is 69.9 Å². The smallest absolute Gasteiger partial charge is 0.137 e. The van der Waals surface area contributed by atoms with Gasteiger partial charge in [0, 0.05) is 9.86 Å². The Bertz CT molecular complexity index is 732. The van der Waals surface area contributed by atoms with E-state index in [9.17, 15) is 0 Å². The first-order chi connectivity index (χ1) is 9.15. The first-order valence-corrected chi connectivity index (χ1v) is 6.94. The molecule has 0 saturated carbocycles. The van der Waals surface area contributed by atoms with Crippen molar-refractivity contribution < 1.29 is 4.42 Å². The zero-order valence-electron chi connectivity index (χ0n) is 10.6. The van der Waals surface area contributed by atoms with Crippen molar-refractivity contribution in [1.29, 1.82) is 0 Å². The van der Waals surface area contributed by atoms with E-state index in [1.54, 1.807) is 0 Å². The van der Waals surface area contributed by atoms with Crippen molar-refractivity contribution in [3.63, 3.8) is 0 Å². The molecule has 0 fully saturated rings. The minimum Gasteiger partial charge on any atom is -0.459 e. The number of aryl methyl sites for hydroxylation is 1. The molecule has 0 bridgehead atoms. The van der Waals surface area contributed by atoms with E-state index in [1.165, 1.54) is 0 Å². The second-order valence-electron chi connectivity index (χ2n) is 4.67. The Morgan fingerprint density at radius 2 is 1.89 bits per heavy atom. The monoisotopic (exact) mass is 315 g/mol. The summed E-state index contributed by atoms with van der Waals surface area (Å²) in [7, 11) is 0. The molecule has 0 aliphatic carbocycles. The van der Waals surface area contributed by atoms with E-state index < -0.39 is 0 Å². The number of fused-ring (bicyclic) bond motifs is 1. The van der Waals surface area contributed by atoms with Crippen LogP contribution in [0.3, 0.4) is 0 Å². The second-order valence-corrected chi connectivity index (χ2v) is 5.59. The van der Waals surface area contributed by atoms with Crippen LogP contribution in [0.25, 0.3) is 11.0 Å². The van der Waals surface area contributed by atoms with E-state index >= 15 is 0 Å². The van der Waals surface area contributed by atoms with Gasteiger partial charge in [-0.05, 0) is 36.2 Å². The molecule has 0 aliphatic heterocycles. The molecule has 1 heterocycles. The van der Waals surface area contributed by atoms with E-state index in [2.05, 4.69) is 15.9 Å². The number of rotatable bonds is 2. The highest BCUT2D eigenvalue weighted by Crippen LogP contribution is 2.29. The number of nitrogens with two attached hydrogens (primary N) is 1. The predicted octanol–water partition coefficient (Wildman–Crippen LogP) is 4.55. The SMILES string of the molecule is Cc1cccc2cc(C(N)c3cccc(Br)c3)oc12. The molecule has 0 amide bonds. The highest BCUT2D eigenvalue weighted by atomic mass is 79.9. The molecule has 19 heavy (non-hydrogen) atoms. The minimum absolute atomic E-state index is 0.246. The van der Waals surface area contributed by atoms with Gasteiger partial charge in [0.1, 0.15) is 11.3 Å². The van der Waals surface area contributed by atoms with E-state index in [0.717, 1.165) is 32.3 Å². The lowest BCUT2D eigenvalue weighted by atomic mass is 10.1. The molecule has 0 aliphatic rings. The summed E-state index contributed by atoms with van der Waals surface area (Å²) in [6.07, 6.45) is 0. The van der Waals surface area contributed by atoms with Crippen LogP contribution in [-0.2, 0) is 0 Å². The second kappa shape index (κ2) is 4.83. The maximum Gasteiger partial charge on any atom is 0.137 e. The molecular formula is C16H14BrNO. The fourth-order valence-corrected chi connectivity index (χ4v) is 2.66. The fourth-order valence-electron chi connectivity index (χ4n) is 2.25. The highest BCUT2D eigenvalue weighted by Gasteiger charge is 2.15. The average Bonchev–Trinajstić information content (AvgIpc) is 2.83. The maximum atomic E-state index is 6.28. The molecule has 2 N–H and O–H groups in total.